The van der Waals surface area contributed by atoms with Crippen molar-refractivity contribution in [3.8, 4) is 0 Å². The normalized spacial score (nSPS) is 11.9. The van der Waals surface area contributed by atoms with E-state index in [0.717, 1.165) is 16.6 Å². The Bertz CT molecular complexity index is 1060. The maximum atomic E-state index is 12.8. The molecule has 1 heterocycles. The number of rotatable bonds is 3. The number of aromatic nitrogens is 2. The molecule has 0 atom stereocenters. The monoisotopic (exact) mass is 383 g/mol. The molecule has 126 valence electrons. The van der Waals surface area contributed by atoms with Crippen molar-refractivity contribution in [3.05, 3.63) is 51.8 Å². The van der Waals surface area contributed by atoms with Gasteiger partial charge in [-0.15, -0.1) is 0 Å². The Morgan fingerprint density at radius 3 is 2.54 bits per heavy atom. The molecule has 0 aliphatic rings. The van der Waals surface area contributed by atoms with Crippen LogP contribution in [0.3, 0.4) is 0 Å². The lowest BCUT2D eigenvalue weighted by Crippen LogP contribution is -2.15. The van der Waals surface area contributed by atoms with Crippen molar-refractivity contribution >= 4 is 49.9 Å². The first-order chi connectivity index (χ1) is 11.2. The second kappa shape index (κ2) is 5.95. The van der Waals surface area contributed by atoms with E-state index < -0.39 is 10.0 Å². The summed E-state index contributed by atoms with van der Waals surface area (Å²) in [5.74, 6) is 0. The molecule has 0 unspecified atom stereocenters. The van der Waals surface area contributed by atoms with E-state index in [2.05, 4.69) is 9.71 Å². The number of anilines is 1. The number of halogens is 2. The van der Waals surface area contributed by atoms with Crippen molar-refractivity contribution in [2.45, 2.75) is 18.7 Å². The van der Waals surface area contributed by atoms with Crippen LogP contribution in [0.4, 0.5) is 5.69 Å². The minimum atomic E-state index is -3.87. The Labute approximate surface area is 150 Å². The van der Waals surface area contributed by atoms with Crippen molar-refractivity contribution < 1.29 is 8.42 Å². The summed E-state index contributed by atoms with van der Waals surface area (Å²) in [6.45, 7) is 3.78. The second-order valence-corrected chi connectivity index (χ2v) is 8.09. The van der Waals surface area contributed by atoms with Crippen LogP contribution < -0.4 is 4.72 Å². The summed E-state index contributed by atoms with van der Waals surface area (Å²) in [6, 6.07) is 6.25. The van der Waals surface area contributed by atoms with E-state index in [0.29, 0.717) is 16.2 Å². The summed E-state index contributed by atoms with van der Waals surface area (Å²) in [5.41, 5.74) is 3.67. The largest absolute Gasteiger partial charge is 0.334 e. The quantitative estimate of drug-likeness (QED) is 0.733. The minimum Gasteiger partial charge on any atom is -0.334 e. The molecule has 3 rings (SSSR count). The van der Waals surface area contributed by atoms with Crippen LogP contribution in [0.15, 0.2) is 35.5 Å². The number of sulfonamides is 1. The van der Waals surface area contributed by atoms with Gasteiger partial charge >= 0.3 is 0 Å². The van der Waals surface area contributed by atoms with E-state index >= 15 is 0 Å². The summed E-state index contributed by atoms with van der Waals surface area (Å²) in [5, 5.41) is 0.440. The van der Waals surface area contributed by atoms with Gasteiger partial charge in [-0.3, -0.25) is 4.72 Å². The van der Waals surface area contributed by atoms with Gasteiger partial charge in [-0.1, -0.05) is 23.2 Å². The Morgan fingerprint density at radius 1 is 1.17 bits per heavy atom. The van der Waals surface area contributed by atoms with Crippen molar-refractivity contribution in [2.24, 2.45) is 7.05 Å². The molecule has 5 nitrogen and oxygen atoms in total. The van der Waals surface area contributed by atoms with Gasteiger partial charge in [0.25, 0.3) is 10.0 Å². The zero-order valence-corrected chi connectivity index (χ0v) is 15.6. The van der Waals surface area contributed by atoms with Gasteiger partial charge in [0, 0.05) is 12.1 Å². The SMILES string of the molecule is Cc1cc2c(ncn2C)c(NS(=O)(=O)c2ccc(Cl)cc2Cl)c1C. The smallest absolute Gasteiger partial charge is 0.263 e. The molecule has 0 spiro atoms. The Hall–Kier alpha value is -1.76. The van der Waals surface area contributed by atoms with Gasteiger partial charge < -0.3 is 4.57 Å². The minimum absolute atomic E-state index is 0.0291. The Kier molecular flexibility index (Phi) is 4.23. The molecule has 0 saturated heterocycles. The van der Waals surface area contributed by atoms with Gasteiger partial charge in [0.1, 0.15) is 10.4 Å². The molecule has 0 aliphatic carbocycles. The molecule has 0 saturated carbocycles. The average Bonchev–Trinajstić information content (AvgIpc) is 2.84. The summed E-state index contributed by atoms with van der Waals surface area (Å²) < 4.78 is 30.0. The van der Waals surface area contributed by atoms with E-state index in [1.165, 1.54) is 18.2 Å². The maximum Gasteiger partial charge on any atom is 0.263 e. The third kappa shape index (κ3) is 2.85. The highest BCUT2D eigenvalue weighted by Crippen LogP contribution is 2.32. The van der Waals surface area contributed by atoms with Gasteiger partial charge in [0.2, 0.25) is 0 Å². The fourth-order valence-electron chi connectivity index (χ4n) is 2.50. The van der Waals surface area contributed by atoms with Crippen LogP contribution in [0.5, 0.6) is 0 Å². The van der Waals surface area contributed by atoms with Gasteiger partial charge in [0.05, 0.1) is 22.6 Å². The molecule has 3 aromatic rings. The van der Waals surface area contributed by atoms with E-state index in [1.807, 2.05) is 31.5 Å². The lowest BCUT2D eigenvalue weighted by atomic mass is 10.1. The number of nitrogens with one attached hydrogen (secondary N) is 1. The topological polar surface area (TPSA) is 64.0 Å². The molecule has 8 heteroatoms. The lowest BCUT2D eigenvalue weighted by molar-refractivity contribution is 0.601. The molecule has 1 aromatic heterocycles. The molecule has 0 bridgehead atoms. The molecule has 0 radical (unpaired) electrons. The van der Waals surface area contributed by atoms with E-state index in [4.69, 9.17) is 23.2 Å². The standard InChI is InChI=1S/C16H15Cl2N3O2S/c1-9-6-13-16(19-8-21(13)3)15(10(9)2)20-24(22,23)14-5-4-11(17)7-12(14)18/h4-8,20H,1-3H3. The summed E-state index contributed by atoms with van der Waals surface area (Å²) in [4.78, 5) is 4.29. The second-order valence-electron chi connectivity index (χ2n) is 5.60. The van der Waals surface area contributed by atoms with Crippen LogP contribution in [0.1, 0.15) is 11.1 Å². The van der Waals surface area contributed by atoms with Crippen LogP contribution in [-0.2, 0) is 17.1 Å². The number of benzene rings is 2. The van der Waals surface area contributed by atoms with E-state index in [1.54, 1.807) is 6.33 Å². The number of hydrogen-bond donors (Lipinski definition) is 1. The first-order valence-electron chi connectivity index (χ1n) is 7.10. The summed E-state index contributed by atoms with van der Waals surface area (Å²) >= 11 is 11.9. The predicted octanol–water partition coefficient (Wildman–Crippen LogP) is 4.30. The summed E-state index contributed by atoms with van der Waals surface area (Å²) in [6.07, 6.45) is 1.65. The molecular formula is C16H15Cl2N3O2S. The van der Waals surface area contributed by atoms with Crippen LogP contribution in [-0.4, -0.2) is 18.0 Å². The fraction of sp³-hybridized carbons (Fsp3) is 0.188. The molecule has 2 aromatic carbocycles. The Morgan fingerprint density at radius 2 is 1.88 bits per heavy atom. The number of hydrogen-bond acceptors (Lipinski definition) is 3. The molecular weight excluding hydrogens is 369 g/mol. The fourth-order valence-corrected chi connectivity index (χ4v) is 4.40. The highest BCUT2D eigenvalue weighted by atomic mass is 35.5. The van der Waals surface area contributed by atoms with Crippen LogP contribution in [0, 0.1) is 13.8 Å². The maximum absolute atomic E-state index is 12.8. The zero-order valence-electron chi connectivity index (χ0n) is 13.3. The van der Waals surface area contributed by atoms with E-state index in [-0.39, 0.29) is 9.92 Å². The average molecular weight is 384 g/mol. The van der Waals surface area contributed by atoms with Crippen molar-refractivity contribution in [3.63, 3.8) is 0 Å². The first kappa shape index (κ1) is 17.1. The molecule has 1 N–H and O–H groups in total. The number of imidazole rings is 1. The van der Waals surface area contributed by atoms with Crippen LogP contribution in [0.25, 0.3) is 11.0 Å². The summed E-state index contributed by atoms with van der Waals surface area (Å²) in [7, 11) is -2.01. The van der Waals surface area contributed by atoms with Crippen molar-refractivity contribution in [1.29, 1.82) is 0 Å². The third-order valence-electron chi connectivity index (χ3n) is 3.96. The number of aryl methyl sites for hydroxylation is 2. The first-order valence-corrected chi connectivity index (χ1v) is 9.33. The van der Waals surface area contributed by atoms with Crippen LogP contribution in [0.2, 0.25) is 10.0 Å². The predicted molar refractivity (Wildman–Crippen MR) is 97.5 cm³/mol. The molecule has 0 fully saturated rings. The molecule has 0 aliphatic heterocycles. The highest BCUT2D eigenvalue weighted by Gasteiger charge is 2.22. The van der Waals surface area contributed by atoms with Gasteiger partial charge in [0.15, 0.2) is 0 Å². The number of nitrogens with zero attached hydrogens (tertiary/aromatic N) is 2. The van der Waals surface area contributed by atoms with Crippen molar-refractivity contribution in [2.75, 3.05) is 4.72 Å². The lowest BCUT2D eigenvalue weighted by Gasteiger charge is -2.14. The van der Waals surface area contributed by atoms with Crippen molar-refractivity contribution in [1.82, 2.24) is 9.55 Å². The molecule has 0 amide bonds. The Balaban J connectivity index is 2.17. The third-order valence-corrected chi connectivity index (χ3v) is 6.03. The molecule has 24 heavy (non-hydrogen) atoms. The highest BCUT2D eigenvalue weighted by molar-refractivity contribution is 7.92. The van der Waals surface area contributed by atoms with Gasteiger partial charge in [-0.25, -0.2) is 13.4 Å². The van der Waals surface area contributed by atoms with Gasteiger partial charge in [-0.2, -0.15) is 0 Å². The van der Waals surface area contributed by atoms with Gasteiger partial charge in [-0.05, 0) is 49.2 Å². The van der Waals surface area contributed by atoms with Crippen LogP contribution >= 0.6 is 23.2 Å². The number of fused-ring (bicyclic) bond motifs is 1. The van der Waals surface area contributed by atoms with E-state index in [9.17, 15) is 8.42 Å². The zero-order chi connectivity index (χ0) is 17.6.